The van der Waals surface area contributed by atoms with Crippen LogP contribution in [0, 0.1) is 10.1 Å². The van der Waals surface area contributed by atoms with Crippen LogP contribution in [0.5, 0.6) is 0 Å². The van der Waals surface area contributed by atoms with Crippen molar-refractivity contribution in [1.29, 1.82) is 0 Å². The molecule has 0 saturated heterocycles. The van der Waals surface area contributed by atoms with E-state index in [1.54, 1.807) is 12.2 Å². The van der Waals surface area contributed by atoms with Crippen LogP contribution in [0.1, 0.15) is 11.1 Å². The van der Waals surface area contributed by atoms with Gasteiger partial charge in [-0.1, -0.05) is 35.9 Å². The molecule has 0 aromatic heterocycles. The molecule has 2 aromatic carbocycles. The summed E-state index contributed by atoms with van der Waals surface area (Å²) in [4.78, 5) is 9.64. The molecule has 2 rings (SSSR count). The van der Waals surface area contributed by atoms with Crippen molar-refractivity contribution >= 4 is 39.7 Å². The molecule has 0 atom stereocenters. The van der Waals surface area contributed by atoms with E-state index in [4.69, 9.17) is 11.6 Å². The molecular weight excluding hydrogens is 333 g/mol. The molecule has 0 unspecified atom stereocenters. The van der Waals surface area contributed by atoms with Crippen molar-refractivity contribution in [3.05, 3.63) is 68.7 Å². The summed E-state index contributed by atoms with van der Waals surface area (Å²) >= 11 is 5.94. The van der Waals surface area contributed by atoms with Gasteiger partial charge in [0.2, 0.25) is 0 Å². The molecule has 0 aliphatic heterocycles. The first-order valence-corrected chi connectivity index (χ1v) is 7.70. The zero-order valence-electron chi connectivity index (χ0n) is 10.9. The second-order valence-electron chi connectivity index (χ2n) is 4.30. The predicted octanol–water partition coefficient (Wildman–Crippen LogP) is 4.08. The standard InChI is InChI=1S/C14H9ClFNO4S/c15-14-9-12(17(18)19)6-5-11(14)4-1-10-2-7-13(8-3-10)22(16,20)21/h1-9H. The van der Waals surface area contributed by atoms with E-state index in [9.17, 15) is 22.4 Å². The predicted molar refractivity (Wildman–Crippen MR) is 81.8 cm³/mol. The fraction of sp³-hybridized carbons (Fsp3) is 0. The van der Waals surface area contributed by atoms with E-state index in [1.807, 2.05) is 0 Å². The Hall–Kier alpha value is -2.25. The lowest BCUT2D eigenvalue weighted by Crippen LogP contribution is -1.90. The lowest BCUT2D eigenvalue weighted by atomic mass is 10.1. The highest BCUT2D eigenvalue weighted by molar-refractivity contribution is 7.86. The zero-order chi connectivity index (χ0) is 16.3. The van der Waals surface area contributed by atoms with Gasteiger partial charge in [0, 0.05) is 12.1 Å². The first kappa shape index (κ1) is 16.1. The summed E-state index contributed by atoms with van der Waals surface area (Å²) < 4.78 is 34.1. The fourth-order valence-corrected chi connectivity index (χ4v) is 2.39. The number of nitro groups is 1. The van der Waals surface area contributed by atoms with Crippen molar-refractivity contribution in [3.63, 3.8) is 0 Å². The van der Waals surface area contributed by atoms with Gasteiger partial charge in [0.25, 0.3) is 5.69 Å². The van der Waals surface area contributed by atoms with Crippen molar-refractivity contribution in [2.75, 3.05) is 0 Å². The first-order chi connectivity index (χ1) is 10.3. The lowest BCUT2D eigenvalue weighted by Gasteiger charge is -1.99. The van der Waals surface area contributed by atoms with Gasteiger partial charge >= 0.3 is 10.2 Å². The Labute approximate surface area is 131 Å². The Morgan fingerprint density at radius 1 is 1.09 bits per heavy atom. The smallest absolute Gasteiger partial charge is 0.258 e. The number of hydrogen-bond acceptors (Lipinski definition) is 4. The van der Waals surface area contributed by atoms with Crippen molar-refractivity contribution < 1.29 is 17.2 Å². The molecule has 0 saturated carbocycles. The van der Waals surface area contributed by atoms with Gasteiger partial charge < -0.3 is 0 Å². The average Bonchev–Trinajstić information content (AvgIpc) is 2.45. The maximum absolute atomic E-state index is 12.7. The molecule has 0 radical (unpaired) electrons. The molecule has 0 aliphatic rings. The molecular formula is C14H9ClFNO4S. The Kier molecular flexibility index (Phi) is 4.58. The molecule has 5 nitrogen and oxygen atoms in total. The Bertz CT molecular complexity index is 848. The average molecular weight is 342 g/mol. The van der Waals surface area contributed by atoms with Gasteiger partial charge in [-0.25, -0.2) is 0 Å². The molecule has 22 heavy (non-hydrogen) atoms. The van der Waals surface area contributed by atoms with Gasteiger partial charge in [-0.05, 0) is 29.3 Å². The third kappa shape index (κ3) is 3.90. The lowest BCUT2D eigenvalue weighted by molar-refractivity contribution is -0.384. The van der Waals surface area contributed by atoms with Crippen LogP contribution >= 0.6 is 11.6 Å². The summed E-state index contributed by atoms with van der Waals surface area (Å²) in [6.07, 6.45) is 3.24. The van der Waals surface area contributed by atoms with Crippen LogP contribution in [0.4, 0.5) is 9.57 Å². The second kappa shape index (κ2) is 6.25. The first-order valence-electron chi connectivity index (χ1n) is 5.94. The summed E-state index contributed by atoms with van der Waals surface area (Å²) in [5.41, 5.74) is 1.08. The minimum absolute atomic E-state index is 0.111. The maximum Gasteiger partial charge on any atom is 0.332 e. The number of non-ortho nitro benzene ring substituents is 1. The van der Waals surface area contributed by atoms with E-state index in [0.717, 1.165) is 12.1 Å². The zero-order valence-corrected chi connectivity index (χ0v) is 12.5. The third-order valence-corrected chi connectivity index (χ3v) is 3.97. The monoisotopic (exact) mass is 341 g/mol. The summed E-state index contributed by atoms with van der Waals surface area (Å²) in [5, 5.41) is 10.8. The van der Waals surface area contributed by atoms with Crippen LogP contribution in [-0.4, -0.2) is 13.3 Å². The minimum atomic E-state index is -4.72. The van der Waals surface area contributed by atoms with E-state index >= 15 is 0 Å². The van der Waals surface area contributed by atoms with Gasteiger partial charge in [0.15, 0.2) is 0 Å². The molecule has 2 aromatic rings. The summed E-state index contributed by atoms with van der Waals surface area (Å²) in [5.74, 6) is 0. The molecule has 0 fully saturated rings. The van der Waals surface area contributed by atoms with E-state index in [2.05, 4.69) is 0 Å². The highest BCUT2D eigenvalue weighted by atomic mass is 35.5. The number of nitrogens with zero attached hydrogens (tertiary/aromatic N) is 1. The SMILES string of the molecule is O=[N+]([O-])c1ccc(C=Cc2ccc(S(=O)(=O)F)cc2)c(Cl)c1. The van der Waals surface area contributed by atoms with E-state index in [-0.39, 0.29) is 10.7 Å². The number of hydrogen-bond donors (Lipinski definition) is 0. The van der Waals surface area contributed by atoms with Gasteiger partial charge in [-0.3, -0.25) is 10.1 Å². The molecule has 0 N–H and O–H groups in total. The Morgan fingerprint density at radius 2 is 1.73 bits per heavy atom. The van der Waals surface area contributed by atoms with Crippen LogP contribution in [0.3, 0.4) is 0 Å². The maximum atomic E-state index is 12.7. The van der Waals surface area contributed by atoms with Gasteiger partial charge in [0.1, 0.15) is 0 Å². The van der Waals surface area contributed by atoms with Crippen LogP contribution < -0.4 is 0 Å². The molecule has 0 heterocycles. The number of rotatable bonds is 4. The van der Waals surface area contributed by atoms with Crippen molar-refractivity contribution in [2.45, 2.75) is 4.90 Å². The summed E-state index contributed by atoms with van der Waals surface area (Å²) in [7, 11) is -4.72. The van der Waals surface area contributed by atoms with Crippen molar-refractivity contribution in [1.82, 2.24) is 0 Å². The molecule has 0 aliphatic carbocycles. The third-order valence-electron chi connectivity index (χ3n) is 2.81. The van der Waals surface area contributed by atoms with Gasteiger partial charge in [-0.15, -0.1) is 3.89 Å². The molecule has 8 heteroatoms. The van der Waals surface area contributed by atoms with E-state index < -0.39 is 20.0 Å². The van der Waals surface area contributed by atoms with Crippen molar-refractivity contribution in [2.24, 2.45) is 0 Å². The quantitative estimate of drug-likeness (QED) is 0.363. The van der Waals surface area contributed by atoms with Crippen LogP contribution in [-0.2, 0) is 10.2 Å². The summed E-state index contributed by atoms with van der Waals surface area (Å²) in [6, 6.07) is 9.21. The number of halogens is 2. The second-order valence-corrected chi connectivity index (χ2v) is 6.06. The van der Waals surface area contributed by atoms with Crippen LogP contribution in [0.15, 0.2) is 47.4 Å². The van der Waals surface area contributed by atoms with Crippen LogP contribution in [0.25, 0.3) is 12.2 Å². The molecule has 114 valence electrons. The highest BCUT2D eigenvalue weighted by Crippen LogP contribution is 2.24. The highest BCUT2D eigenvalue weighted by Gasteiger charge is 2.10. The minimum Gasteiger partial charge on any atom is -0.258 e. The molecule has 0 amide bonds. The largest absolute Gasteiger partial charge is 0.332 e. The Balaban J connectivity index is 2.23. The van der Waals surface area contributed by atoms with E-state index in [1.165, 1.54) is 30.3 Å². The normalized spacial score (nSPS) is 11.7. The van der Waals surface area contributed by atoms with E-state index in [0.29, 0.717) is 11.1 Å². The molecule has 0 bridgehead atoms. The van der Waals surface area contributed by atoms with Gasteiger partial charge in [0.05, 0.1) is 14.8 Å². The topological polar surface area (TPSA) is 77.3 Å². The van der Waals surface area contributed by atoms with Crippen molar-refractivity contribution in [3.8, 4) is 0 Å². The number of nitro benzene ring substituents is 1. The number of benzene rings is 2. The van der Waals surface area contributed by atoms with Crippen LogP contribution in [0.2, 0.25) is 5.02 Å². The molecule has 0 spiro atoms. The summed E-state index contributed by atoms with van der Waals surface area (Å²) in [6.45, 7) is 0. The van der Waals surface area contributed by atoms with Gasteiger partial charge in [-0.2, -0.15) is 8.42 Å². The Morgan fingerprint density at radius 3 is 2.23 bits per heavy atom. The fourth-order valence-electron chi connectivity index (χ4n) is 1.69.